The molecular formula is C20H30N2O3. The van der Waals surface area contributed by atoms with Crippen molar-refractivity contribution < 1.29 is 14.6 Å². The largest absolute Gasteiger partial charge is 0.488 e. The van der Waals surface area contributed by atoms with E-state index in [2.05, 4.69) is 18.3 Å². The molecule has 1 aromatic carbocycles. The van der Waals surface area contributed by atoms with Crippen molar-refractivity contribution in [1.82, 2.24) is 10.2 Å². The quantitative estimate of drug-likeness (QED) is 0.861. The minimum Gasteiger partial charge on any atom is -0.488 e. The number of aliphatic hydroxyl groups excluding tert-OH is 1. The summed E-state index contributed by atoms with van der Waals surface area (Å²) in [5, 5.41) is 12.6. The Morgan fingerprint density at radius 1 is 1.32 bits per heavy atom. The maximum absolute atomic E-state index is 12.5. The van der Waals surface area contributed by atoms with Gasteiger partial charge in [-0.1, -0.05) is 18.6 Å². The second-order valence-corrected chi connectivity index (χ2v) is 7.69. The fourth-order valence-electron chi connectivity index (χ4n) is 3.86. The van der Waals surface area contributed by atoms with Crippen LogP contribution in [0.25, 0.3) is 0 Å². The first-order valence-corrected chi connectivity index (χ1v) is 9.44. The van der Waals surface area contributed by atoms with E-state index in [1.165, 1.54) is 5.56 Å². The number of hydrogen-bond acceptors (Lipinski definition) is 3. The summed E-state index contributed by atoms with van der Waals surface area (Å²) in [7, 11) is 1.83. The van der Waals surface area contributed by atoms with E-state index in [1.807, 2.05) is 25.2 Å². The fourth-order valence-corrected chi connectivity index (χ4v) is 3.86. The van der Waals surface area contributed by atoms with E-state index in [0.29, 0.717) is 12.5 Å². The van der Waals surface area contributed by atoms with E-state index in [0.717, 1.165) is 44.3 Å². The lowest BCUT2D eigenvalue weighted by Crippen LogP contribution is -2.52. The average Bonchev–Trinajstić information content (AvgIpc) is 2.55. The molecule has 0 heterocycles. The Kier molecular flexibility index (Phi) is 5.84. The molecule has 0 aromatic heterocycles. The van der Waals surface area contributed by atoms with Gasteiger partial charge in [-0.15, -0.1) is 0 Å². The molecule has 0 radical (unpaired) electrons. The Labute approximate surface area is 150 Å². The predicted molar refractivity (Wildman–Crippen MR) is 97.7 cm³/mol. The van der Waals surface area contributed by atoms with Gasteiger partial charge in [-0.2, -0.15) is 0 Å². The van der Waals surface area contributed by atoms with Crippen LogP contribution >= 0.6 is 0 Å². The van der Waals surface area contributed by atoms with E-state index in [9.17, 15) is 9.90 Å². The maximum Gasteiger partial charge on any atom is 0.317 e. The molecule has 2 aliphatic rings. The predicted octanol–water partition coefficient (Wildman–Crippen LogP) is 3.10. The zero-order valence-electron chi connectivity index (χ0n) is 15.3. The summed E-state index contributed by atoms with van der Waals surface area (Å²) >= 11 is 0. The van der Waals surface area contributed by atoms with Crippen molar-refractivity contribution in [3.63, 3.8) is 0 Å². The minimum absolute atomic E-state index is 0.0263. The molecule has 1 aromatic rings. The molecule has 2 fully saturated rings. The first kappa shape index (κ1) is 18.1. The summed E-state index contributed by atoms with van der Waals surface area (Å²) in [6, 6.07) is 8.10. The molecule has 0 saturated heterocycles. The first-order valence-electron chi connectivity index (χ1n) is 9.44. The number of aliphatic hydroxyl groups is 1. The van der Waals surface area contributed by atoms with Crippen LogP contribution in [0.1, 0.15) is 44.1 Å². The van der Waals surface area contributed by atoms with E-state index in [4.69, 9.17) is 4.74 Å². The van der Waals surface area contributed by atoms with Gasteiger partial charge in [-0.25, -0.2) is 4.79 Å². The van der Waals surface area contributed by atoms with E-state index in [1.54, 1.807) is 4.90 Å². The third kappa shape index (κ3) is 4.88. The molecule has 25 heavy (non-hydrogen) atoms. The van der Waals surface area contributed by atoms with Crippen molar-refractivity contribution in [2.45, 2.75) is 63.7 Å². The highest BCUT2D eigenvalue weighted by molar-refractivity contribution is 5.74. The summed E-state index contributed by atoms with van der Waals surface area (Å²) in [5.74, 6) is 1.31. The summed E-state index contributed by atoms with van der Waals surface area (Å²) < 4.78 is 6.19. The van der Waals surface area contributed by atoms with Crippen LogP contribution in [0.5, 0.6) is 5.75 Å². The van der Waals surface area contributed by atoms with Gasteiger partial charge in [0, 0.05) is 13.6 Å². The molecule has 0 bridgehead atoms. The van der Waals surface area contributed by atoms with Crippen molar-refractivity contribution in [1.29, 1.82) is 0 Å². The molecular weight excluding hydrogens is 316 g/mol. The zero-order valence-corrected chi connectivity index (χ0v) is 15.3. The Bertz CT molecular complexity index is 586. The van der Waals surface area contributed by atoms with Crippen molar-refractivity contribution >= 4 is 6.03 Å². The molecule has 0 unspecified atom stereocenters. The lowest BCUT2D eigenvalue weighted by atomic mass is 9.82. The van der Waals surface area contributed by atoms with Gasteiger partial charge in [-0.05, 0) is 62.6 Å². The Balaban J connectivity index is 1.54. The monoisotopic (exact) mass is 346 g/mol. The third-order valence-electron chi connectivity index (χ3n) is 5.38. The van der Waals surface area contributed by atoms with Crippen LogP contribution < -0.4 is 10.1 Å². The number of carbonyl (C=O) groups excluding carboxylic acids is 1. The molecule has 2 atom stereocenters. The lowest BCUT2D eigenvalue weighted by molar-refractivity contribution is 0.0317. The Morgan fingerprint density at radius 2 is 2.08 bits per heavy atom. The summed E-state index contributed by atoms with van der Waals surface area (Å²) in [4.78, 5) is 14.3. The molecule has 138 valence electrons. The van der Waals surface area contributed by atoms with Crippen LogP contribution in [0.2, 0.25) is 0 Å². The normalized spacial score (nSPS) is 28.8. The second kappa shape index (κ2) is 8.09. The number of aryl methyl sites for hydroxylation is 1. The zero-order chi connectivity index (χ0) is 17.8. The summed E-state index contributed by atoms with van der Waals surface area (Å²) in [6.45, 7) is 2.76. The highest BCUT2D eigenvalue weighted by atomic mass is 16.5. The standard InChI is InChI=1S/C20H30N2O3/c1-14-6-5-7-17(10-14)25-19-9-4-3-8-18(19)21-20(24)22(2)13-15-11-16(23)12-15/h5-7,10,15-16,18-19,23H,3-4,8-9,11-13H2,1-2H3,(H,21,24)/t15?,16?,18-,19-/m1/s1. The molecule has 5 heteroatoms. The number of nitrogens with one attached hydrogen (secondary N) is 1. The van der Waals surface area contributed by atoms with E-state index < -0.39 is 0 Å². The second-order valence-electron chi connectivity index (χ2n) is 7.69. The van der Waals surface area contributed by atoms with Crippen molar-refractivity contribution in [3.8, 4) is 5.75 Å². The van der Waals surface area contributed by atoms with Crippen LogP contribution in [0.4, 0.5) is 4.79 Å². The van der Waals surface area contributed by atoms with Gasteiger partial charge in [0.15, 0.2) is 0 Å². The van der Waals surface area contributed by atoms with Gasteiger partial charge in [0.1, 0.15) is 11.9 Å². The highest BCUT2D eigenvalue weighted by Crippen LogP contribution is 2.28. The smallest absolute Gasteiger partial charge is 0.317 e. The van der Waals surface area contributed by atoms with Crippen LogP contribution in [-0.4, -0.2) is 47.9 Å². The van der Waals surface area contributed by atoms with Gasteiger partial charge >= 0.3 is 6.03 Å². The molecule has 0 aliphatic heterocycles. The maximum atomic E-state index is 12.5. The van der Waals surface area contributed by atoms with Crippen LogP contribution in [0.15, 0.2) is 24.3 Å². The van der Waals surface area contributed by atoms with Gasteiger partial charge in [0.05, 0.1) is 12.1 Å². The molecule has 2 saturated carbocycles. The van der Waals surface area contributed by atoms with Crippen LogP contribution in [0, 0.1) is 12.8 Å². The van der Waals surface area contributed by atoms with E-state index in [-0.39, 0.29) is 24.3 Å². The molecule has 5 nitrogen and oxygen atoms in total. The molecule has 2 amide bonds. The number of amides is 2. The number of carbonyl (C=O) groups is 1. The molecule has 0 spiro atoms. The molecule has 2 aliphatic carbocycles. The van der Waals surface area contributed by atoms with Crippen LogP contribution in [0.3, 0.4) is 0 Å². The highest BCUT2D eigenvalue weighted by Gasteiger charge is 2.32. The number of urea groups is 1. The van der Waals surface area contributed by atoms with Crippen molar-refractivity contribution in [2.24, 2.45) is 5.92 Å². The number of rotatable bonds is 5. The Morgan fingerprint density at radius 3 is 2.80 bits per heavy atom. The average molecular weight is 346 g/mol. The van der Waals surface area contributed by atoms with Crippen molar-refractivity contribution in [3.05, 3.63) is 29.8 Å². The van der Waals surface area contributed by atoms with Gasteiger partial charge in [-0.3, -0.25) is 0 Å². The van der Waals surface area contributed by atoms with Crippen molar-refractivity contribution in [2.75, 3.05) is 13.6 Å². The first-order chi connectivity index (χ1) is 12.0. The fraction of sp³-hybridized carbons (Fsp3) is 0.650. The SMILES string of the molecule is Cc1cccc(O[C@@H]2CCCC[C@H]2NC(=O)N(C)CC2CC(O)C2)c1. The number of benzene rings is 1. The summed E-state index contributed by atoms with van der Waals surface area (Å²) in [6.07, 6.45) is 5.65. The topological polar surface area (TPSA) is 61.8 Å². The molecule has 3 rings (SSSR count). The lowest BCUT2D eigenvalue weighted by Gasteiger charge is -2.36. The van der Waals surface area contributed by atoms with Gasteiger partial charge in [0.25, 0.3) is 0 Å². The number of ether oxygens (including phenoxy) is 1. The number of nitrogens with zero attached hydrogens (tertiary/aromatic N) is 1. The third-order valence-corrected chi connectivity index (χ3v) is 5.38. The minimum atomic E-state index is -0.174. The number of hydrogen-bond donors (Lipinski definition) is 2. The van der Waals surface area contributed by atoms with Gasteiger partial charge in [0.2, 0.25) is 0 Å². The Hall–Kier alpha value is -1.75. The summed E-state index contributed by atoms with van der Waals surface area (Å²) in [5.41, 5.74) is 1.18. The van der Waals surface area contributed by atoms with Gasteiger partial charge < -0.3 is 20.1 Å². The van der Waals surface area contributed by atoms with E-state index >= 15 is 0 Å². The molecule has 2 N–H and O–H groups in total. The van der Waals surface area contributed by atoms with Crippen LogP contribution in [-0.2, 0) is 0 Å².